The number of aromatic nitrogens is 1. The zero-order chi connectivity index (χ0) is 22.5. The summed E-state index contributed by atoms with van der Waals surface area (Å²) < 4.78 is 0. The van der Waals surface area contributed by atoms with Crippen LogP contribution in [-0.2, 0) is 9.59 Å². The van der Waals surface area contributed by atoms with Crippen LogP contribution < -0.4 is 10.6 Å². The quantitative estimate of drug-likeness (QED) is 0.623. The maximum absolute atomic E-state index is 12.8. The minimum absolute atomic E-state index is 0.0287. The van der Waals surface area contributed by atoms with Crippen LogP contribution in [0.1, 0.15) is 35.3 Å². The van der Waals surface area contributed by atoms with Crippen LogP contribution >= 0.6 is 0 Å². The molecule has 2 heterocycles. The second-order valence-corrected chi connectivity index (χ2v) is 7.80. The zero-order valence-corrected chi connectivity index (χ0v) is 17.7. The predicted octanol–water partition coefficient (Wildman–Crippen LogP) is 3.88. The molecule has 3 amide bonds. The minimum atomic E-state index is -0.428. The molecule has 32 heavy (non-hydrogen) atoms. The van der Waals surface area contributed by atoms with E-state index in [-0.39, 0.29) is 30.2 Å². The van der Waals surface area contributed by atoms with Crippen LogP contribution in [0.25, 0.3) is 0 Å². The number of anilines is 2. The highest BCUT2D eigenvalue weighted by atomic mass is 16.2. The van der Waals surface area contributed by atoms with Crippen LogP contribution in [0.4, 0.5) is 11.4 Å². The first-order chi connectivity index (χ1) is 15.5. The summed E-state index contributed by atoms with van der Waals surface area (Å²) in [5.41, 5.74) is 2.59. The van der Waals surface area contributed by atoms with Crippen LogP contribution in [-0.4, -0.2) is 34.2 Å². The van der Waals surface area contributed by atoms with Gasteiger partial charge in [-0.25, -0.2) is 0 Å². The molecule has 0 aliphatic carbocycles. The number of carbonyl (C=O) groups is 3. The first kappa shape index (κ1) is 21.2. The first-order valence-electron chi connectivity index (χ1n) is 10.5. The number of likely N-dealkylation sites (tertiary alicyclic amines) is 1. The van der Waals surface area contributed by atoms with E-state index in [1.807, 2.05) is 37.3 Å². The number of rotatable bonds is 6. The van der Waals surface area contributed by atoms with E-state index in [0.29, 0.717) is 23.5 Å². The Morgan fingerprint density at radius 2 is 1.75 bits per heavy atom. The number of pyridine rings is 1. The fourth-order valence-electron chi connectivity index (χ4n) is 3.81. The van der Waals surface area contributed by atoms with Crippen molar-refractivity contribution in [3.05, 3.63) is 90.3 Å². The standard InChI is InChI=1S/C25H24N4O3/c1-17(18-7-3-2-4-8-18)29-16-20(13-23(29)30)25(32)28-22-11-5-10-21(14-22)27-24(31)19-9-6-12-26-15-19/h2-12,14-15,17,20H,13,16H2,1H3,(H,27,31)(H,28,32). The summed E-state index contributed by atoms with van der Waals surface area (Å²) in [6.07, 6.45) is 3.27. The third-order valence-corrected chi connectivity index (χ3v) is 5.59. The van der Waals surface area contributed by atoms with Crippen LogP contribution in [0.5, 0.6) is 0 Å². The maximum Gasteiger partial charge on any atom is 0.257 e. The molecule has 1 aliphatic heterocycles. The van der Waals surface area contributed by atoms with Gasteiger partial charge < -0.3 is 15.5 Å². The average molecular weight is 428 g/mol. The van der Waals surface area contributed by atoms with Crippen molar-refractivity contribution in [2.75, 3.05) is 17.2 Å². The third kappa shape index (κ3) is 4.83. The lowest BCUT2D eigenvalue weighted by atomic mass is 10.1. The SMILES string of the molecule is CC(c1ccccc1)N1CC(C(=O)Nc2cccc(NC(=O)c3cccnc3)c2)CC1=O. The third-order valence-electron chi connectivity index (χ3n) is 5.59. The van der Waals surface area contributed by atoms with E-state index >= 15 is 0 Å². The van der Waals surface area contributed by atoms with Gasteiger partial charge in [-0.3, -0.25) is 19.4 Å². The van der Waals surface area contributed by atoms with Crippen LogP contribution in [0.2, 0.25) is 0 Å². The fourth-order valence-corrected chi connectivity index (χ4v) is 3.81. The Morgan fingerprint density at radius 1 is 1.00 bits per heavy atom. The smallest absolute Gasteiger partial charge is 0.257 e. The van der Waals surface area contributed by atoms with Crippen molar-refractivity contribution in [3.8, 4) is 0 Å². The minimum Gasteiger partial charge on any atom is -0.335 e. The van der Waals surface area contributed by atoms with Gasteiger partial charge in [-0.1, -0.05) is 36.4 Å². The lowest BCUT2D eigenvalue weighted by Crippen LogP contribution is -2.30. The van der Waals surface area contributed by atoms with Gasteiger partial charge in [-0.05, 0) is 42.8 Å². The second-order valence-electron chi connectivity index (χ2n) is 7.80. The van der Waals surface area contributed by atoms with Crippen LogP contribution in [0.15, 0.2) is 79.1 Å². The van der Waals surface area contributed by atoms with E-state index in [1.165, 1.54) is 6.20 Å². The van der Waals surface area contributed by atoms with Gasteiger partial charge in [0.25, 0.3) is 5.91 Å². The molecule has 162 valence electrons. The molecule has 3 aromatic rings. The maximum atomic E-state index is 12.8. The molecule has 2 aromatic carbocycles. The molecule has 0 spiro atoms. The molecule has 2 unspecified atom stereocenters. The Kier molecular flexibility index (Phi) is 6.26. The van der Waals surface area contributed by atoms with Gasteiger partial charge in [0.1, 0.15) is 0 Å². The van der Waals surface area contributed by atoms with E-state index < -0.39 is 5.92 Å². The number of benzene rings is 2. The molecule has 0 bridgehead atoms. The highest BCUT2D eigenvalue weighted by Crippen LogP contribution is 2.29. The predicted molar refractivity (Wildman–Crippen MR) is 122 cm³/mol. The average Bonchev–Trinajstić information content (AvgIpc) is 3.21. The van der Waals surface area contributed by atoms with Crippen LogP contribution in [0, 0.1) is 5.92 Å². The van der Waals surface area contributed by atoms with Crippen molar-refractivity contribution >= 4 is 29.1 Å². The Hall–Kier alpha value is -4.00. The van der Waals surface area contributed by atoms with Crippen LogP contribution in [0.3, 0.4) is 0 Å². The summed E-state index contributed by atoms with van der Waals surface area (Å²) in [4.78, 5) is 43.4. The Bertz CT molecular complexity index is 1120. The molecular formula is C25H24N4O3. The molecule has 7 heteroatoms. The molecule has 0 saturated carbocycles. The van der Waals surface area contributed by atoms with E-state index in [2.05, 4.69) is 15.6 Å². The van der Waals surface area contributed by atoms with Crippen molar-refractivity contribution in [2.45, 2.75) is 19.4 Å². The summed E-state index contributed by atoms with van der Waals surface area (Å²) in [6, 6.07) is 20.0. The number of hydrogen-bond acceptors (Lipinski definition) is 4. The van der Waals surface area contributed by atoms with Crippen molar-refractivity contribution in [1.29, 1.82) is 0 Å². The lowest BCUT2D eigenvalue weighted by Gasteiger charge is -2.25. The molecule has 2 atom stereocenters. The molecule has 0 radical (unpaired) electrons. The second kappa shape index (κ2) is 9.43. The van der Waals surface area contributed by atoms with Crippen molar-refractivity contribution < 1.29 is 14.4 Å². The van der Waals surface area contributed by atoms with E-state index in [0.717, 1.165) is 5.56 Å². The highest BCUT2D eigenvalue weighted by molar-refractivity contribution is 6.04. The van der Waals surface area contributed by atoms with E-state index in [9.17, 15) is 14.4 Å². The summed E-state index contributed by atoms with van der Waals surface area (Å²) >= 11 is 0. The van der Waals surface area contributed by atoms with E-state index in [4.69, 9.17) is 0 Å². The molecule has 4 rings (SSSR count). The van der Waals surface area contributed by atoms with Gasteiger partial charge in [0, 0.05) is 36.7 Å². The van der Waals surface area contributed by atoms with Crippen molar-refractivity contribution in [3.63, 3.8) is 0 Å². The Balaban J connectivity index is 1.38. The molecule has 1 aliphatic rings. The molecule has 1 fully saturated rings. The summed E-state index contributed by atoms with van der Waals surface area (Å²) in [6.45, 7) is 2.35. The summed E-state index contributed by atoms with van der Waals surface area (Å²) in [5, 5.41) is 5.67. The van der Waals surface area contributed by atoms with Crippen molar-refractivity contribution in [2.24, 2.45) is 5.92 Å². The molecule has 1 saturated heterocycles. The Morgan fingerprint density at radius 3 is 2.47 bits per heavy atom. The van der Waals surface area contributed by atoms with Gasteiger partial charge in [0.05, 0.1) is 17.5 Å². The fraction of sp³-hybridized carbons (Fsp3) is 0.200. The van der Waals surface area contributed by atoms with Gasteiger partial charge >= 0.3 is 0 Å². The van der Waals surface area contributed by atoms with Gasteiger partial charge in [0.15, 0.2) is 0 Å². The monoisotopic (exact) mass is 428 g/mol. The Labute approximate surface area is 186 Å². The lowest BCUT2D eigenvalue weighted by molar-refractivity contribution is -0.129. The number of carbonyl (C=O) groups excluding carboxylic acids is 3. The van der Waals surface area contributed by atoms with E-state index in [1.54, 1.807) is 47.5 Å². The largest absolute Gasteiger partial charge is 0.335 e. The zero-order valence-electron chi connectivity index (χ0n) is 17.7. The topological polar surface area (TPSA) is 91.4 Å². The van der Waals surface area contributed by atoms with Gasteiger partial charge in [-0.15, -0.1) is 0 Å². The molecular weight excluding hydrogens is 404 g/mol. The summed E-state index contributed by atoms with van der Waals surface area (Å²) in [5.74, 6) is -0.952. The number of hydrogen-bond donors (Lipinski definition) is 2. The molecule has 7 nitrogen and oxygen atoms in total. The molecule has 2 N–H and O–H groups in total. The van der Waals surface area contributed by atoms with Crippen molar-refractivity contribution in [1.82, 2.24) is 9.88 Å². The normalized spacial score (nSPS) is 16.5. The number of nitrogens with zero attached hydrogens (tertiary/aromatic N) is 2. The van der Waals surface area contributed by atoms with Gasteiger partial charge in [-0.2, -0.15) is 0 Å². The first-order valence-corrected chi connectivity index (χ1v) is 10.5. The molecule has 1 aromatic heterocycles. The summed E-state index contributed by atoms with van der Waals surface area (Å²) in [7, 11) is 0. The number of nitrogens with one attached hydrogen (secondary N) is 2. The number of amides is 3. The van der Waals surface area contributed by atoms with Gasteiger partial charge in [0.2, 0.25) is 11.8 Å². The highest BCUT2D eigenvalue weighted by Gasteiger charge is 2.37.